The Kier molecular flexibility index (Phi) is 5.30. The van der Waals surface area contributed by atoms with Crippen LogP contribution < -0.4 is 4.74 Å². The number of benzene rings is 2. The first-order valence-electron chi connectivity index (χ1n) is 10.7. The number of aryl methyl sites for hydroxylation is 2. The van der Waals surface area contributed by atoms with E-state index in [1.807, 2.05) is 49.6 Å². The van der Waals surface area contributed by atoms with E-state index in [1.165, 1.54) is 6.07 Å². The Hall–Kier alpha value is -4.51. The molecule has 0 N–H and O–H groups in total. The van der Waals surface area contributed by atoms with Crippen LogP contribution in [0.1, 0.15) is 32.6 Å². The lowest BCUT2D eigenvalue weighted by Gasteiger charge is -2.16. The lowest BCUT2D eigenvalue weighted by atomic mass is 10.1. The van der Waals surface area contributed by atoms with Crippen LogP contribution in [-0.4, -0.2) is 25.6 Å². The van der Waals surface area contributed by atoms with Crippen LogP contribution in [0, 0.1) is 24.1 Å². The molecule has 0 radical (unpaired) electrons. The molecular weight excluding hydrogens is 433 g/mol. The minimum Gasteiger partial charge on any atom is -0.435 e. The molecule has 1 aliphatic rings. The van der Waals surface area contributed by atoms with Gasteiger partial charge in [0, 0.05) is 38.1 Å². The van der Waals surface area contributed by atoms with E-state index in [1.54, 1.807) is 28.8 Å². The summed E-state index contributed by atoms with van der Waals surface area (Å²) in [6.45, 7) is 2.47. The summed E-state index contributed by atoms with van der Waals surface area (Å²) in [5, 5.41) is 13.4. The summed E-state index contributed by atoms with van der Waals surface area (Å²) in [5.41, 5.74) is 4.61. The Bertz CT molecular complexity index is 1430. The van der Waals surface area contributed by atoms with Crippen molar-refractivity contribution < 1.29 is 13.9 Å². The van der Waals surface area contributed by atoms with Crippen molar-refractivity contribution in [3.05, 3.63) is 94.6 Å². The number of hydrogen-bond acceptors (Lipinski definition) is 5. The highest BCUT2D eigenvalue weighted by Gasteiger charge is 2.32. The average molecular weight is 453 g/mol. The highest BCUT2D eigenvalue weighted by atomic mass is 19.1. The lowest BCUT2D eigenvalue weighted by molar-refractivity contribution is 0.0764. The largest absolute Gasteiger partial charge is 0.435 e. The van der Waals surface area contributed by atoms with Crippen molar-refractivity contribution in [2.45, 2.75) is 20.0 Å². The quantitative estimate of drug-likeness (QED) is 0.435. The number of rotatable bonds is 5. The summed E-state index contributed by atoms with van der Waals surface area (Å²) in [6.07, 6.45) is 3.44. The first kappa shape index (κ1) is 21.3. The molecule has 2 aromatic heterocycles. The summed E-state index contributed by atoms with van der Waals surface area (Å²) in [7, 11) is 1.87. The molecule has 1 amide bonds. The van der Waals surface area contributed by atoms with Gasteiger partial charge in [0.2, 0.25) is 5.88 Å². The van der Waals surface area contributed by atoms with Crippen LogP contribution in [-0.2, 0) is 20.1 Å². The second-order valence-electron chi connectivity index (χ2n) is 8.20. The third kappa shape index (κ3) is 3.88. The maximum absolute atomic E-state index is 14.5. The van der Waals surface area contributed by atoms with E-state index < -0.39 is 5.82 Å². The van der Waals surface area contributed by atoms with Gasteiger partial charge in [-0.2, -0.15) is 10.4 Å². The molecule has 0 unspecified atom stereocenters. The predicted octanol–water partition coefficient (Wildman–Crippen LogP) is 4.75. The van der Waals surface area contributed by atoms with Gasteiger partial charge < -0.3 is 9.64 Å². The normalized spacial score (nSPS) is 12.5. The smallest absolute Gasteiger partial charge is 0.260 e. The molecule has 5 rings (SSSR count). The third-order valence-electron chi connectivity index (χ3n) is 5.76. The molecule has 4 aromatic rings. The minimum atomic E-state index is -0.675. The van der Waals surface area contributed by atoms with Gasteiger partial charge in [-0.3, -0.25) is 9.48 Å². The van der Waals surface area contributed by atoms with Gasteiger partial charge >= 0.3 is 0 Å². The Morgan fingerprint density at radius 1 is 1.18 bits per heavy atom. The van der Waals surface area contributed by atoms with Crippen LogP contribution in [0.4, 0.5) is 4.39 Å². The molecule has 7 nitrogen and oxygen atoms in total. The first-order chi connectivity index (χ1) is 16.4. The standard InChI is InChI=1S/C26H20FN5O2/c1-16-11-18(13-28)12-21(27)24(16)34-25-23-20(7-9-29-25)15-32(26(23)33)14-17-3-5-19(6-4-17)22-8-10-31(2)30-22/h3-12H,14-15H2,1-2H3. The number of nitriles is 1. The average Bonchev–Trinajstić information content (AvgIpc) is 3.40. The number of pyridine rings is 1. The molecule has 34 heavy (non-hydrogen) atoms. The van der Waals surface area contributed by atoms with Crippen molar-refractivity contribution in [1.82, 2.24) is 19.7 Å². The molecule has 0 bridgehead atoms. The van der Waals surface area contributed by atoms with Crippen LogP contribution in [0.25, 0.3) is 11.3 Å². The summed E-state index contributed by atoms with van der Waals surface area (Å²) < 4.78 is 22.1. The number of hydrogen-bond donors (Lipinski definition) is 0. The molecule has 0 fully saturated rings. The molecule has 0 aliphatic carbocycles. The van der Waals surface area contributed by atoms with Crippen LogP contribution in [0.15, 0.2) is 60.9 Å². The highest BCUT2D eigenvalue weighted by Crippen LogP contribution is 2.35. The topological polar surface area (TPSA) is 84.0 Å². The zero-order valence-electron chi connectivity index (χ0n) is 18.6. The fourth-order valence-electron chi connectivity index (χ4n) is 4.07. The number of carbonyl (C=O) groups excluding carboxylic acids is 1. The Balaban J connectivity index is 1.37. The molecule has 0 atom stereocenters. The van der Waals surface area contributed by atoms with Crippen LogP contribution >= 0.6 is 0 Å². The monoisotopic (exact) mass is 453 g/mol. The maximum Gasteiger partial charge on any atom is 0.260 e. The number of ether oxygens (including phenoxy) is 1. The van der Waals surface area contributed by atoms with Gasteiger partial charge in [0.25, 0.3) is 5.91 Å². The van der Waals surface area contributed by atoms with E-state index in [4.69, 9.17) is 10.00 Å². The maximum atomic E-state index is 14.5. The zero-order valence-corrected chi connectivity index (χ0v) is 18.6. The van der Waals surface area contributed by atoms with E-state index in [0.29, 0.717) is 24.2 Å². The Labute approximate surface area is 195 Å². The van der Waals surface area contributed by atoms with E-state index in [2.05, 4.69) is 10.1 Å². The zero-order chi connectivity index (χ0) is 23.8. The molecule has 3 heterocycles. The van der Waals surface area contributed by atoms with E-state index in [0.717, 1.165) is 28.5 Å². The van der Waals surface area contributed by atoms with Crippen molar-refractivity contribution >= 4 is 5.91 Å². The molecular formula is C26H20FN5O2. The highest BCUT2D eigenvalue weighted by molar-refractivity contribution is 6.00. The van der Waals surface area contributed by atoms with Gasteiger partial charge in [-0.25, -0.2) is 9.37 Å². The third-order valence-corrected chi connectivity index (χ3v) is 5.76. The Morgan fingerprint density at radius 2 is 1.97 bits per heavy atom. The second kappa shape index (κ2) is 8.45. The van der Waals surface area contributed by atoms with Crippen molar-refractivity contribution in [2.75, 3.05) is 0 Å². The van der Waals surface area contributed by atoms with Gasteiger partial charge in [0.05, 0.1) is 17.3 Å². The number of halogens is 1. The molecule has 0 spiro atoms. The van der Waals surface area contributed by atoms with Crippen LogP contribution in [0.5, 0.6) is 11.6 Å². The van der Waals surface area contributed by atoms with E-state index in [9.17, 15) is 9.18 Å². The lowest BCUT2D eigenvalue weighted by Crippen LogP contribution is -2.23. The van der Waals surface area contributed by atoms with Crippen molar-refractivity contribution in [3.63, 3.8) is 0 Å². The van der Waals surface area contributed by atoms with Gasteiger partial charge in [-0.15, -0.1) is 0 Å². The molecule has 0 saturated heterocycles. The number of fused-ring (bicyclic) bond motifs is 1. The summed E-state index contributed by atoms with van der Waals surface area (Å²) in [6, 6.07) is 16.2. The first-order valence-corrected chi connectivity index (χ1v) is 10.7. The minimum absolute atomic E-state index is 0.0451. The summed E-state index contributed by atoms with van der Waals surface area (Å²) in [4.78, 5) is 19.1. The van der Waals surface area contributed by atoms with Crippen molar-refractivity contribution in [1.29, 1.82) is 5.26 Å². The van der Waals surface area contributed by atoms with Gasteiger partial charge in [0.1, 0.15) is 5.56 Å². The molecule has 8 heteroatoms. The number of carbonyl (C=O) groups is 1. The van der Waals surface area contributed by atoms with E-state index >= 15 is 0 Å². The molecule has 2 aromatic carbocycles. The summed E-state index contributed by atoms with van der Waals surface area (Å²) >= 11 is 0. The number of nitrogens with zero attached hydrogens (tertiary/aromatic N) is 5. The van der Waals surface area contributed by atoms with Crippen LogP contribution in [0.2, 0.25) is 0 Å². The van der Waals surface area contributed by atoms with Crippen LogP contribution in [0.3, 0.4) is 0 Å². The number of amides is 1. The fraction of sp³-hybridized carbons (Fsp3) is 0.154. The SMILES string of the molecule is Cc1cc(C#N)cc(F)c1Oc1nccc2c1C(=O)N(Cc1ccc(-c3ccn(C)n3)cc1)C2. The van der Waals surface area contributed by atoms with Gasteiger partial charge in [-0.1, -0.05) is 24.3 Å². The molecule has 1 aliphatic heterocycles. The predicted molar refractivity (Wildman–Crippen MR) is 122 cm³/mol. The number of aromatic nitrogens is 3. The molecule has 168 valence electrons. The summed E-state index contributed by atoms with van der Waals surface area (Å²) in [5.74, 6) is -0.886. The van der Waals surface area contributed by atoms with Crippen molar-refractivity contribution in [2.24, 2.45) is 7.05 Å². The van der Waals surface area contributed by atoms with E-state index in [-0.39, 0.29) is 23.1 Å². The van der Waals surface area contributed by atoms with Gasteiger partial charge in [-0.05, 0) is 47.9 Å². The Morgan fingerprint density at radius 3 is 2.65 bits per heavy atom. The fourth-order valence-corrected chi connectivity index (χ4v) is 4.07. The second-order valence-corrected chi connectivity index (χ2v) is 8.20. The van der Waals surface area contributed by atoms with Gasteiger partial charge in [0.15, 0.2) is 11.6 Å². The van der Waals surface area contributed by atoms with Crippen molar-refractivity contribution in [3.8, 4) is 29.0 Å². The molecule has 0 saturated carbocycles.